The quantitative estimate of drug-likeness (QED) is 0.277. The third-order valence-corrected chi connectivity index (χ3v) is 7.70. The zero-order chi connectivity index (χ0) is 23.9. The number of aromatic nitrogens is 1. The van der Waals surface area contributed by atoms with Crippen molar-refractivity contribution in [2.24, 2.45) is 0 Å². The summed E-state index contributed by atoms with van der Waals surface area (Å²) < 4.78 is 12.2. The molecule has 1 aliphatic carbocycles. The van der Waals surface area contributed by atoms with E-state index in [1.165, 1.54) is 53.7 Å². The van der Waals surface area contributed by atoms with E-state index >= 15 is 0 Å². The summed E-state index contributed by atoms with van der Waals surface area (Å²) in [6.07, 6.45) is 9.04. The van der Waals surface area contributed by atoms with E-state index in [9.17, 15) is 4.79 Å². The van der Waals surface area contributed by atoms with Crippen LogP contribution in [0.3, 0.4) is 0 Å². The second-order valence-electron chi connectivity index (χ2n) is 9.09. The summed E-state index contributed by atoms with van der Waals surface area (Å²) in [6, 6.07) is 11.0. The average Bonchev–Trinajstić information content (AvgIpc) is 3.23. The lowest BCUT2D eigenvalue weighted by atomic mass is 9.87. The molecule has 0 saturated heterocycles. The Morgan fingerprint density at radius 2 is 2.03 bits per heavy atom. The van der Waals surface area contributed by atoms with E-state index in [-0.39, 0.29) is 4.87 Å². The molecule has 1 aliphatic rings. The van der Waals surface area contributed by atoms with Crippen LogP contribution in [-0.2, 0) is 19.3 Å². The van der Waals surface area contributed by atoms with E-state index in [1.807, 2.05) is 6.07 Å². The Bertz CT molecular complexity index is 1140. The number of methoxy groups -OCH3 is 2. The first-order chi connectivity index (χ1) is 16.6. The molecule has 0 radical (unpaired) electrons. The highest BCUT2D eigenvalue weighted by atomic mass is 32.1. The van der Waals surface area contributed by atoms with E-state index in [1.54, 1.807) is 14.2 Å². The first-order valence-corrected chi connectivity index (χ1v) is 13.3. The molecule has 3 aromatic rings. The highest BCUT2D eigenvalue weighted by molar-refractivity contribution is 7.16. The van der Waals surface area contributed by atoms with Crippen molar-refractivity contribution in [3.8, 4) is 11.5 Å². The number of aromatic amines is 1. The molecule has 0 bridgehead atoms. The van der Waals surface area contributed by atoms with Crippen LogP contribution in [0.2, 0.25) is 0 Å². The fourth-order valence-corrected chi connectivity index (χ4v) is 5.74. The van der Waals surface area contributed by atoms with Crippen molar-refractivity contribution in [3.63, 3.8) is 0 Å². The first-order valence-electron chi connectivity index (χ1n) is 12.5. The maximum atomic E-state index is 11.6. The largest absolute Gasteiger partial charge is 0.493 e. The summed E-state index contributed by atoms with van der Waals surface area (Å²) in [4.78, 5) is 14.6. The summed E-state index contributed by atoms with van der Waals surface area (Å²) in [5.41, 5.74) is 8.60. The standard InChI is InChI=1S/C27H37N3O3S/c1-4-5-6-7-16-30(28-15-14-19-8-13-25-23(17-19)29-27(31)34-25)21-10-11-22-20(18-21)9-12-24(32-2)26(22)33-3/h8-9,12-13,17,21,28H,4-7,10-11,14-16,18H2,1-3H3,(H,29,31). The Hall–Kier alpha value is -2.35. The van der Waals surface area contributed by atoms with Gasteiger partial charge in [0, 0.05) is 24.7 Å². The number of hydrogen-bond donors (Lipinski definition) is 2. The fourth-order valence-electron chi connectivity index (χ4n) is 5.03. The molecule has 1 unspecified atom stereocenters. The molecule has 4 rings (SSSR count). The van der Waals surface area contributed by atoms with Crippen LogP contribution in [0, 0.1) is 0 Å². The summed E-state index contributed by atoms with van der Waals surface area (Å²) in [5.74, 6) is 1.71. The average molecular weight is 484 g/mol. The van der Waals surface area contributed by atoms with Crippen LogP contribution in [0.15, 0.2) is 35.1 Å². The number of thiazole rings is 1. The van der Waals surface area contributed by atoms with Gasteiger partial charge >= 0.3 is 4.87 Å². The predicted molar refractivity (Wildman–Crippen MR) is 140 cm³/mol. The summed E-state index contributed by atoms with van der Waals surface area (Å²) >= 11 is 1.27. The Kier molecular flexibility index (Phi) is 8.64. The van der Waals surface area contributed by atoms with Crippen molar-refractivity contribution in [2.75, 3.05) is 27.3 Å². The number of fused-ring (bicyclic) bond motifs is 2. The van der Waals surface area contributed by atoms with Gasteiger partial charge in [0.05, 0.1) is 24.4 Å². The highest BCUT2D eigenvalue weighted by Gasteiger charge is 2.27. The number of benzene rings is 2. The molecule has 7 heteroatoms. The molecule has 1 heterocycles. The molecular formula is C27H37N3O3S. The zero-order valence-electron chi connectivity index (χ0n) is 20.6. The molecule has 0 saturated carbocycles. The van der Waals surface area contributed by atoms with Gasteiger partial charge in [-0.3, -0.25) is 10.2 Å². The van der Waals surface area contributed by atoms with E-state index in [0.717, 1.165) is 60.5 Å². The maximum Gasteiger partial charge on any atom is 0.305 e. The van der Waals surface area contributed by atoms with Gasteiger partial charge in [0.1, 0.15) is 0 Å². The van der Waals surface area contributed by atoms with Crippen molar-refractivity contribution in [1.29, 1.82) is 0 Å². The van der Waals surface area contributed by atoms with E-state index < -0.39 is 0 Å². The predicted octanol–water partition coefficient (Wildman–Crippen LogP) is 5.09. The number of unbranched alkanes of at least 4 members (excludes halogenated alkanes) is 3. The maximum absolute atomic E-state index is 11.6. The number of hydrazine groups is 1. The van der Waals surface area contributed by atoms with Gasteiger partial charge in [-0.25, -0.2) is 5.01 Å². The van der Waals surface area contributed by atoms with Gasteiger partial charge in [-0.2, -0.15) is 0 Å². The molecule has 2 N–H and O–H groups in total. The minimum Gasteiger partial charge on any atom is -0.493 e. The second kappa shape index (κ2) is 11.9. The van der Waals surface area contributed by atoms with Crippen molar-refractivity contribution < 1.29 is 9.47 Å². The normalized spacial score (nSPS) is 15.6. The van der Waals surface area contributed by atoms with Crippen molar-refractivity contribution in [2.45, 2.75) is 64.3 Å². The Morgan fingerprint density at radius 1 is 1.15 bits per heavy atom. The number of hydrogen-bond acceptors (Lipinski definition) is 6. The first kappa shape index (κ1) is 24.8. The third kappa shape index (κ3) is 5.82. The molecule has 6 nitrogen and oxygen atoms in total. The van der Waals surface area contributed by atoms with Gasteiger partial charge in [-0.1, -0.05) is 49.7 Å². The minimum atomic E-state index is 0.00959. The number of nitrogens with one attached hydrogen (secondary N) is 2. The molecule has 0 spiro atoms. The van der Waals surface area contributed by atoms with Crippen LogP contribution in [-0.4, -0.2) is 43.3 Å². The van der Waals surface area contributed by atoms with Crippen LogP contribution >= 0.6 is 11.3 Å². The van der Waals surface area contributed by atoms with Gasteiger partial charge < -0.3 is 14.5 Å². The van der Waals surface area contributed by atoms with Crippen LogP contribution in [0.1, 0.15) is 55.7 Å². The summed E-state index contributed by atoms with van der Waals surface area (Å²) in [6.45, 7) is 4.19. The number of H-pyrrole nitrogens is 1. The topological polar surface area (TPSA) is 66.6 Å². The van der Waals surface area contributed by atoms with Crippen molar-refractivity contribution in [3.05, 3.63) is 56.7 Å². The molecular weight excluding hydrogens is 446 g/mol. The molecule has 0 fully saturated rings. The molecule has 1 atom stereocenters. The minimum absolute atomic E-state index is 0.00959. The van der Waals surface area contributed by atoms with Crippen LogP contribution in [0.5, 0.6) is 11.5 Å². The smallest absolute Gasteiger partial charge is 0.305 e. The van der Waals surface area contributed by atoms with E-state index in [4.69, 9.17) is 9.47 Å². The van der Waals surface area contributed by atoms with Crippen LogP contribution < -0.4 is 19.8 Å². The summed E-state index contributed by atoms with van der Waals surface area (Å²) in [5, 5.41) is 2.49. The Labute approximate surface area is 206 Å². The Balaban J connectivity index is 1.42. The monoisotopic (exact) mass is 483 g/mol. The number of nitrogens with zero attached hydrogens (tertiary/aromatic N) is 1. The van der Waals surface area contributed by atoms with Gasteiger partial charge in [-0.05, 0) is 61.4 Å². The molecule has 1 aromatic heterocycles. The SMILES string of the molecule is CCCCCCN(NCCc1ccc2sc(=O)[nH]c2c1)C1CCc2c(ccc(OC)c2OC)C1. The lowest BCUT2D eigenvalue weighted by molar-refractivity contribution is 0.109. The molecule has 0 amide bonds. The fraction of sp³-hybridized carbons (Fsp3) is 0.519. The van der Waals surface area contributed by atoms with Gasteiger partial charge in [0.25, 0.3) is 0 Å². The molecule has 2 aromatic carbocycles. The van der Waals surface area contributed by atoms with E-state index in [0.29, 0.717) is 6.04 Å². The molecule has 0 aliphatic heterocycles. The van der Waals surface area contributed by atoms with Gasteiger partial charge in [0.15, 0.2) is 11.5 Å². The zero-order valence-corrected chi connectivity index (χ0v) is 21.4. The lowest BCUT2D eigenvalue weighted by Gasteiger charge is -2.36. The number of ether oxygens (including phenoxy) is 2. The third-order valence-electron chi connectivity index (χ3n) is 6.83. The van der Waals surface area contributed by atoms with Crippen molar-refractivity contribution >= 4 is 21.6 Å². The molecule has 184 valence electrons. The Morgan fingerprint density at radius 3 is 2.82 bits per heavy atom. The van der Waals surface area contributed by atoms with Gasteiger partial charge in [-0.15, -0.1) is 0 Å². The lowest BCUT2D eigenvalue weighted by Crippen LogP contribution is -2.49. The number of rotatable bonds is 12. The van der Waals surface area contributed by atoms with Crippen LogP contribution in [0.25, 0.3) is 10.2 Å². The van der Waals surface area contributed by atoms with Crippen molar-refractivity contribution in [1.82, 2.24) is 15.4 Å². The highest BCUT2D eigenvalue weighted by Crippen LogP contribution is 2.38. The van der Waals surface area contributed by atoms with Crippen LogP contribution in [0.4, 0.5) is 0 Å². The summed E-state index contributed by atoms with van der Waals surface area (Å²) in [7, 11) is 3.43. The van der Waals surface area contributed by atoms with E-state index in [2.05, 4.69) is 46.6 Å². The van der Waals surface area contributed by atoms with Gasteiger partial charge in [0.2, 0.25) is 0 Å². The molecule has 34 heavy (non-hydrogen) atoms. The second-order valence-corrected chi connectivity index (χ2v) is 10.1.